The number of hydrogen-bond donors (Lipinski definition) is 0. The summed E-state index contributed by atoms with van der Waals surface area (Å²) in [7, 11) is -1.46. The van der Waals surface area contributed by atoms with Gasteiger partial charge in [-0.2, -0.15) is 0 Å². The number of morpholine rings is 1. The second kappa shape index (κ2) is 9.67. The quantitative estimate of drug-likeness (QED) is 0.466. The molecule has 1 aliphatic heterocycles. The van der Waals surface area contributed by atoms with Gasteiger partial charge < -0.3 is 4.74 Å². The zero-order valence-electron chi connectivity index (χ0n) is 17.1. The molecule has 2 heterocycles. The molecule has 1 fully saturated rings. The van der Waals surface area contributed by atoms with Gasteiger partial charge in [-0.05, 0) is 42.5 Å². The molecule has 170 valence electrons. The molecule has 0 N–H and O–H groups in total. The lowest BCUT2D eigenvalue weighted by Gasteiger charge is -2.26. The van der Waals surface area contributed by atoms with E-state index in [0.717, 1.165) is 24.0 Å². The fourth-order valence-electron chi connectivity index (χ4n) is 3.68. The maximum absolute atomic E-state index is 13.3. The highest BCUT2D eigenvalue weighted by Crippen LogP contribution is 2.31. The Hall–Kier alpha value is -1.67. The van der Waals surface area contributed by atoms with Crippen molar-refractivity contribution in [3.63, 3.8) is 0 Å². The predicted molar refractivity (Wildman–Crippen MR) is 131 cm³/mol. The lowest BCUT2D eigenvalue weighted by molar-refractivity contribution is 0.0350. The molecule has 11 heteroatoms. The van der Waals surface area contributed by atoms with E-state index in [2.05, 4.69) is 14.1 Å². The minimum Gasteiger partial charge on any atom is -0.379 e. The summed E-state index contributed by atoms with van der Waals surface area (Å²) in [5.41, 5.74) is 1.20. The van der Waals surface area contributed by atoms with Crippen LogP contribution in [0.1, 0.15) is 4.79 Å². The fourth-order valence-corrected chi connectivity index (χ4v) is 6.52. The molecular formula is C21H22Cl2N3O4PS. The Morgan fingerprint density at radius 1 is 1.06 bits per heavy atom. The molecule has 0 radical (unpaired) electrons. The van der Waals surface area contributed by atoms with E-state index in [4.69, 9.17) is 27.9 Å². The third-order valence-electron chi connectivity index (χ3n) is 5.28. The number of carbonyl (C=O) groups is 1. The number of rotatable bonds is 6. The normalized spacial score (nSPS) is 15.2. The first-order valence-electron chi connectivity index (χ1n) is 9.93. The Labute approximate surface area is 199 Å². The van der Waals surface area contributed by atoms with Crippen molar-refractivity contribution in [1.82, 2.24) is 9.47 Å². The van der Waals surface area contributed by atoms with E-state index in [-0.39, 0.29) is 27.1 Å². The van der Waals surface area contributed by atoms with Crippen LogP contribution in [0.2, 0.25) is 10.0 Å². The first-order valence-corrected chi connectivity index (χ1v) is 12.9. The van der Waals surface area contributed by atoms with Gasteiger partial charge in [-0.1, -0.05) is 23.2 Å². The highest BCUT2D eigenvalue weighted by Gasteiger charge is 2.25. The lowest BCUT2D eigenvalue weighted by atomic mass is 10.2. The number of sulfonamides is 1. The number of benzene rings is 2. The number of aromatic nitrogens is 1. The summed E-state index contributed by atoms with van der Waals surface area (Å²) in [5, 5.41) is 1.25. The van der Waals surface area contributed by atoms with Gasteiger partial charge in [0.2, 0.25) is 5.91 Å². The minimum absolute atomic E-state index is 0.0100. The zero-order valence-corrected chi connectivity index (χ0v) is 20.6. The van der Waals surface area contributed by atoms with Crippen LogP contribution in [0.25, 0.3) is 10.9 Å². The largest absolute Gasteiger partial charge is 0.379 e. The molecule has 0 amide bonds. The Kier molecular flexibility index (Phi) is 7.10. The van der Waals surface area contributed by atoms with Crippen LogP contribution in [0.5, 0.6) is 0 Å². The summed E-state index contributed by atoms with van der Waals surface area (Å²) >= 11 is 12.0. The highest BCUT2D eigenvalue weighted by atomic mass is 35.5. The van der Waals surface area contributed by atoms with Crippen LogP contribution in [0.4, 0.5) is 5.69 Å². The molecule has 1 atom stereocenters. The highest BCUT2D eigenvalue weighted by molar-refractivity contribution is 7.93. The number of anilines is 1. The van der Waals surface area contributed by atoms with Crippen LogP contribution >= 0.6 is 32.4 Å². The van der Waals surface area contributed by atoms with Crippen LogP contribution in [-0.2, 0) is 14.8 Å². The van der Waals surface area contributed by atoms with Crippen LogP contribution in [0, 0.1) is 0 Å². The van der Waals surface area contributed by atoms with Crippen LogP contribution in [0.3, 0.4) is 0 Å². The zero-order chi connectivity index (χ0) is 22.9. The van der Waals surface area contributed by atoms with Crippen molar-refractivity contribution in [2.75, 3.05) is 43.4 Å². The maximum atomic E-state index is 13.3. The van der Waals surface area contributed by atoms with E-state index in [9.17, 15) is 13.2 Å². The standard InChI is InChI=1S/C21H22Cl2N3O4PS/c22-16-10-17(23)12-19(11-16)32(28,29)26(14-31)18-1-2-20-15(9-18)3-4-25(20)21(27)13-24-5-7-30-8-6-24/h1-4,9-12H,5-8,13-14,31H2. The lowest BCUT2D eigenvalue weighted by Crippen LogP contribution is -2.40. The molecule has 0 bridgehead atoms. The molecule has 0 aliphatic carbocycles. The van der Waals surface area contributed by atoms with Gasteiger partial charge >= 0.3 is 0 Å². The topological polar surface area (TPSA) is 71.8 Å². The van der Waals surface area contributed by atoms with E-state index in [1.54, 1.807) is 35.0 Å². The summed E-state index contributed by atoms with van der Waals surface area (Å²) in [6, 6.07) is 11.2. The fraction of sp³-hybridized carbons (Fsp3) is 0.286. The molecule has 1 aromatic heterocycles. The predicted octanol–water partition coefficient (Wildman–Crippen LogP) is 3.95. The third-order valence-corrected chi connectivity index (χ3v) is 8.12. The van der Waals surface area contributed by atoms with Crippen LogP contribution in [-0.4, -0.2) is 62.9 Å². The van der Waals surface area contributed by atoms with E-state index < -0.39 is 10.0 Å². The van der Waals surface area contributed by atoms with E-state index in [1.165, 1.54) is 22.5 Å². The van der Waals surface area contributed by atoms with Gasteiger partial charge in [0, 0.05) is 41.0 Å². The van der Waals surface area contributed by atoms with Gasteiger partial charge in [-0.3, -0.25) is 18.6 Å². The van der Waals surface area contributed by atoms with Crippen molar-refractivity contribution in [3.8, 4) is 0 Å². The van der Waals surface area contributed by atoms with Crippen LogP contribution < -0.4 is 4.31 Å². The Bertz CT molecular complexity index is 1240. The first-order chi connectivity index (χ1) is 15.3. The van der Waals surface area contributed by atoms with Gasteiger partial charge in [-0.25, -0.2) is 8.42 Å². The van der Waals surface area contributed by atoms with Crippen molar-refractivity contribution < 1.29 is 17.9 Å². The van der Waals surface area contributed by atoms with Gasteiger partial charge in [0.05, 0.1) is 35.9 Å². The molecule has 0 saturated carbocycles. The van der Waals surface area contributed by atoms with Crippen molar-refractivity contribution in [3.05, 3.63) is 58.7 Å². The summed E-state index contributed by atoms with van der Waals surface area (Å²) in [6.07, 6.45) is 1.85. The first kappa shape index (κ1) is 23.5. The maximum Gasteiger partial charge on any atom is 0.264 e. The molecule has 1 aliphatic rings. The summed E-state index contributed by atoms with van der Waals surface area (Å²) in [6.45, 7) is 3.00. The van der Waals surface area contributed by atoms with Gasteiger partial charge in [0.15, 0.2) is 0 Å². The molecule has 4 rings (SSSR count). The number of ether oxygens (including phenoxy) is 1. The molecule has 7 nitrogen and oxygen atoms in total. The van der Waals surface area contributed by atoms with E-state index in [1.807, 2.05) is 0 Å². The number of carbonyl (C=O) groups excluding carboxylic acids is 1. The molecule has 1 saturated heterocycles. The number of halogens is 2. The van der Waals surface area contributed by atoms with Crippen molar-refractivity contribution >= 4 is 65.0 Å². The smallest absolute Gasteiger partial charge is 0.264 e. The number of hydrogen-bond acceptors (Lipinski definition) is 5. The summed E-state index contributed by atoms with van der Waals surface area (Å²) in [4.78, 5) is 14.9. The van der Waals surface area contributed by atoms with Crippen molar-refractivity contribution in [1.29, 1.82) is 0 Å². The van der Waals surface area contributed by atoms with E-state index >= 15 is 0 Å². The second-order valence-electron chi connectivity index (χ2n) is 7.35. The van der Waals surface area contributed by atoms with Crippen molar-refractivity contribution in [2.24, 2.45) is 0 Å². The molecule has 0 spiro atoms. The molecule has 2 aromatic carbocycles. The molecule has 32 heavy (non-hydrogen) atoms. The summed E-state index contributed by atoms with van der Waals surface area (Å²) < 4.78 is 34.7. The average Bonchev–Trinajstić information content (AvgIpc) is 3.17. The van der Waals surface area contributed by atoms with Gasteiger partial charge in [0.1, 0.15) is 0 Å². The van der Waals surface area contributed by atoms with Gasteiger partial charge in [0.25, 0.3) is 10.0 Å². The molecular weight excluding hydrogens is 492 g/mol. The van der Waals surface area contributed by atoms with Gasteiger partial charge in [-0.15, -0.1) is 9.24 Å². The molecule has 1 unspecified atom stereocenters. The SMILES string of the molecule is O=C(CN1CCOCC1)n1ccc2cc(N(CP)S(=O)(=O)c3cc(Cl)cc(Cl)c3)ccc21. The minimum atomic E-state index is -3.90. The monoisotopic (exact) mass is 513 g/mol. The van der Waals surface area contributed by atoms with Crippen molar-refractivity contribution in [2.45, 2.75) is 4.90 Å². The summed E-state index contributed by atoms with van der Waals surface area (Å²) in [5.74, 6) is -0.0428. The second-order valence-corrected chi connectivity index (χ2v) is 10.5. The average molecular weight is 514 g/mol. The number of nitrogens with zero attached hydrogens (tertiary/aromatic N) is 3. The van der Waals surface area contributed by atoms with E-state index in [0.29, 0.717) is 25.4 Å². The Balaban J connectivity index is 1.63. The number of fused-ring (bicyclic) bond motifs is 1. The Morgan fingerprint density at radius 2 is 1.75 bits per heavy atom. The molecule has 3 aromatic rings. The van der Waals surface area contributed by atoms with Crippen LogP contribution in [0.15, 0.2) is 53.6 Å². The third kappa shape index (κ3) is 4.81. The Morgan fingerprint density at radius 3 is 2.41 bits per heavy atom.